The van der Waals surface area contributed by atoms with E-state index in [0.29, 0.717) is 57.5 Å². The standard InChI is InChI=1S/C24H26ClN5O4/c1-5-21(31)29-17-11-26-10-16(17)28-20-7-14-13(9-27-20)6-15(30-24(14)32)22-12(2)18(33-3)8-19(34-4)23(22)25/h5-9,16-17,26H,1,10-11H2,2-4H3,(H,27,28)(H,29,31)(H,30,32)/t16-,17+/m1/s1. The van der Waals surface area contributed by atoms with Crippen molar-refractivity contribution in [3.8, 4) is 22.8 Å². The van der Waals surface area contributed by atoms with Crippen molar-refractivity contribution in [2.24, 2.45) is 0 Å². The number of H-pyrrole nitrogens is 1. The molecule has 10 heteroatoms. The van der Waals surface area contributed by atoms with E-state index in [4.69, 9.17) is 21.1 Å². The van der Waals surface area contributed by atoms with Crippen LogP contribution < -0.4 is 31.0 Å². The lowest BCUT2D eigenvalue weighted by Gasteiger charge is -2.21. The first-order valence-electron chi connectivity index (χ1n) is 10.7. The summed E-state index contributed by atoms with van der Waals surface area (Å²) in [6.07, 6.45) is 2.88. The van der Waals surface area contributed by atoms with Crippen molar-refractivity contribution in [1.29, 1.82) is 0 Å². The Hall–Kier alpha value is -3.56. The molecular weight excluding hydrogens is 458 g/mol. The molecule has 0 spiro atoms. The van der Waals surface area contributed by atoms with Crippen LogP contribution in [0.2, 0.25) is 5.02 Å². The van der Waals surface area contributed by atoms with E-state index in [9.17, 15) is 9.59 Å². The molecule has 1 aromatic carbocycles. The number of hydrogen-bond acceptors (Lipinski definition) is 7. The number of ether oxygens (including phenoxy) is 2. The molecule has 1 aliphatic heterocycles. The van der Waals surface area contributed by atoms with Crippen LogP contribution in [0.15, 0.2) is 41.8 Å². The molecule has 2 aromatic heterocycles. The van der Waals surface area contributed by atoms with E-state index >= 15 is 0 Å². The minimum Gasteiger partial charge on any atom is -0.496 e. The normalized spacial score (nSPS) is 17.4. The molecule has 0 bridgehead atoms. The van der Waals surface area contributed by atoms with E-state index in [1.54, 1.807) is 25.4 Å². The molecule has 3 heterocycles. The highest BCUT2D eigenvalue weighted by molar-refractivity contribution is 6.35. The van der Waals surface area contributed by atoms with Gasteiger partial charge in [0.25, 0.3) is 5.56 Å². The van der Waals surface area contributed by atoms with Crippen LogP contribution in [0.3, 0.4) is 0 Å². The van der Waals surface area contributed by atoms with Crippen LogP contribution in [-0.4, -0.2) is 55.3 Å². The van der Waals surface area contributed by atoms with Crippen LogP contribution in [-0.2, 0) is 4.79 Å². The largest absolute Gasteiger partial charge is 0.496 e. The van der Waals surface area contributed by atoms with Gasteiger partial charge in [-0.2, -0.15) is 0 Å². The fraction of sp³-hybridized carbons (Fsp3) is 0.292. The number of carbonyl (C=O) groups excluding carboxylic acids is 1. The minimum absolute atomic E-state index is 0.0853. The maximum absolute atomic E-state index is 13.0. The Bertz CT molecular complexity index is 1290. The van der Waals surface area contributed by atoms with Crippen molar-refractivity contribution in [2.75, 3.05) is 32.6 Å². The predicted octanol–water partition coefficient (Wildman–Crippen LogP) is 2.62. The van der Waals surface area contributed by atoms with Gasteiger partial charge in [0.2, 0.25) is 5.91 Å². The number of benzene rings is 1. The number of nitrogens with one attached hydrogen (secondary N) is 4. The van der Waals surface area contributed by atoms with Gasteiger partial charge in [-0.05, 0) is 25.1 Å². The van der Waals surface area contributed by atoms with Gasteiger partial charge in [-0.25, -0.2) is 4.98 Å². The molecule has 0 unspecified atom stereocenters. The highest BCUT2D eigenvalue weighted by Crippen LogP contribution is 2.42. The Kier molecular flexibility index (Phi) is 6.76. The van der Waals surface area contributed by atoms with Gasteiger partial charge in [-0.15, -0.1) is 0 Å². The van der Waals surface area contributed by atoms with Crippen molar-refractivity contribution in [1.82, 2.24) is 20.6 Å². The van der Waals surface area contributed by atoms with Crippen LogP contribution >= 0.6 is 11.6 Å². The number of halogens is 1. The summed E-state index contributed by atoms with van der Waals surface area (Å²) in [5.41, 5.74) is 1.65. The van der Waals surface area contributed by atoms with Gasteiger partial charge >= 0.3 is 0 Å². The zero-order chi connectivity index (χ0) is 24.4. The van der Waals surface area contributed by atoms with Crippen LogP contribution in [0, 0.1) is 6.92 Å². The number of fused-ring (bicyclic) bond motifs is 1. The quantitative estimate of drug-likeness (QED) is 0.381. The molecular formula is C24H26ClN5O4. The van der Waals surface area contributed by atoms with Crippen molar-refractivity contribution in [3.63, 3.8) is 0 Å². The van der Waals surface area contributed by atoms with Gasteiger partial charge in [0.15, 0.2) is 0 Å². The second-order valence-electron chi connectivity index (χ2n) is 7.99. The summed E-state index contributed by atoms with van der Waals surface area (Å²) < 4.78 is 10.8. The summed E-state index contributed by atoms with van der Waals surface area (Å²) in [5.74, 6) is 1.34. The van der Waals surface area contributed by atoms with Crippen molar-refractivity contribution >= 4 is 34.1 Å². The van der Waals surface area contributed by atoms with Crippen molar-refractivity contribution in [2.45, 2.75) is 19.0 Å². The Balaban J connectivity index is 1.69. The van der Waals surface area contributed by atoms with E-state index in [-0.39, 0.29) is 23.6 Å². The average molecular weight is 484 g/mol. The lowest BCUT2D eigenvalue weighted by Crippen LogP contribution is -2.45. The first-order valence-corrected chi connectivity index (χ1v) is 11.1. The van der Waals surface area contributed by atoms with Gasteiger partial charge < -0.3 is 30.4 Å². The third kappa shape index (κ3) is 4.44. The number of anilines is 1. The highest BCUT2D eigenvalue weighted by atomic mass is 35.5. The molecule has 0 radical (unpaired) electrons. The molecule has 1 saturated heterocycles. The van der Waals surface area contributed by atoms with Gasteiger partial charge in [0, 0.05) is 41.9 Å². The highest BCUT2D eigenvalue weighted by Gasteiger charge is 2.28. The molecule has 1 amide bonds. The molecule has 178 valence electrons. The van der Waals surface area contributed by atoms with E-state index in [1.807, 2.05) is 13.0 Å². The van der Waals surface area contributed by atoms with Crippen LogP contribution in [0.4, 0.5) is 5.82 Å². The second-order valence-corrected chi connectivity index (χ2v) is 8.37. The molecule has 2 atom stereocenters. The summed E-state index contributed by atoms with van der Waals surface area (Å²) in [7, 11) is 3.09. The van der Waals surface area contributed by atoms with Crippen LogP contribution in [0.25, 0.3) is 22.0 Å². The van der Waals surface area contributed by atoms with E-state index < -0.39 is 0 Å². The number of aromatic nitrogens is 2. The van der Waals surface area contributed by atoms with E-state index in [2.05, 4.69) is 32.5 Å². The molecule has 3 aromatic rings. The maximum Gasteiger partial charge on any atom is 0.256 e. The molecule has 0 saturated carbocycles. The number of aromatic amines is 1. The van der Waals surface area contributed by atoms with Crippen molar-refractivity contribution in [3.05, 3.63) is 58.0 Å². The Morgan fingerprint density at radius 1 is 1.21 bits per heavy atom. The number of rotatable bonds is 7. The second kappa shape index (κ2) is 9.74. The summed E-state index contributed by atoms with van der Waals surface area (Å²) in [6.45, 7) is 6.62. The minimum atomic E-state index is -0.281. The fourth-order valence-electron chi connectivity index (χ4n) is 4.17. The number of carbonyl (C=O) groups is 1. The number of methoxy groups -OCH3 is 2. The smallest absolute Gasteiger partial charge is 0.256 e. The van der Waals surface area contributed by atoms with Crippen molar-refractivity contribution < 1.29 is 14.3 Å². The van der Waals surface area contributed by atoms with E-state index in [0.717, 1.165) is 5.56 Å². The monoisotopic (exact) mass is 483 g/mol. The molecule has 1 fully saturated rings. The topological polar surface area (TPSA) is 117 Å². The van der Waals surface area contributed by atoms with Gasteiger partial charge in [-0.1, -0.05) is 18.2 Å². The molecule has 9 nitrogen and oxygen atoms in total. The molecule has 1 aliphatic rings. The SMILES string of the molecule is C=CC(=O)N[C@H]1CNC[C@H]1Nc1cc2c(=O)[nH]c(-c3c(C)c(OC)cc(OC)c3Cl)cc2cn1. The third-order valence-corrected chi connectivity index (χ3v) is 6.31. The molecule has 4 N–H and O–H groups in total. The van der Waals surface area contributed by atoms with Crippen LogP contribution in [0.5, 0.6) is 11.5 Å². The summed E-state index contributed by atoms with van der Waals surface area (Å²) in [6, 6.07) is 5.02. The zero-order valence-electron chi connectivity index (χ0n) is 19.1. The zero-order valence-corrected chi connectivity index (χ0v) is 19.9. The third-order valence-electron chi connectivity index (χ3n) is 5.94. The number of hydrogen-bond donors (Lipinski definition) is 4. The average Bonchev–Trinajstić information content (AvgIpc) is 3.26. The summed E-state index contributed by atoms with van der Waals surface area (Å²) in [4.78, 5) is 32.1. The molecule has 0 aliphatic carbocycles. The lowest BCUT2D eigenvalue weighted by molar-refractivity contribution is -0.117. The number of amides is 1. The predicted molar refractivity (Wildman–Crippen MR) is 133 cm³/mol. The number of nitrogens with zero attached hydrogens (tertiary/aromatic N) is 1. The Morgan fingerprint density at radius 2 is 1.94 bits per heavy atom. The molecule has 4 rings (SSSR count). The fourth-order valence-corrected chi connectivity index (χ4v) is 4.54. The Morgan fingerprint density at radius 3 is 2.65 bits per heavy atom. The van der Waals surface area contributed by atoms with Gasteiger partial charge in [0.1, 0.15) is 17.3 Å². The summed E-state index contributed by atoms with van der Waals surface area (Å²) >= 11 is 6.59. The van der Waals surface area contributed by atoms with Gasteiger partial charge in [-0.3, -0.25) is 9.59 Å². The lowest BCUT2D eigenvalue weighted by atomic mass is 10.0. The number of pyridine rings is 2. The first-order chi connectivity index (χ1) is 16.4. The maximum atomic E-state index is 13.0. The summed E-state index contributed by atoms with van der Waals surface area (Å²) in [5, 5.41) is 10.9. The van der Waals surface area contributed by atoms with E-state index in [1.165, 1.54) is 13.2 Å². The van der Waals surface area contributed by atoms with Gasteiger partial charge in [0.05, 0.1) is 42.4 Å². The van der Waals surface area contributed by atoms with Crippen LogP contribution in [0.1, 0.15) is 5.56 Å². The Labute approximate surface area is 201 Å². The first kappa shape index (κ1) is 23.6. The molecule has 34 heavy (non-hydrogen) atoms.